The summed E-state index contributed by atoms with van der Waals surface area (Å²) in [6.45, 7) is 6.38. The van der Waals surface area contributed by atoms with Crippen molar-refractivity contribution in [3.05, 3.63) is 134 Å². The van der Waals surface area contributed by atoms with Gasteiger partial charge in [-0.1, -0.05) is 296 Å². The van der Waals surface area contributed by atoms with Gasteiger partial charge >= 0.3 is 17.9 Å². The van der Waals surface area contributed by atoms with Crippen LogP contribution in [0.15, 0.2) is 134 Å². The molecule has 0 saturated carbocycles. The van der Waals surface area contributed by atoms with E-state index < -0.39 is 6.10 Å². The Morgan fingerprint density at radius 3 is 0.771 bits per heavy atom. The summed E-state index contributed by atoms with van der Waals surface area (Å²) < 4.78 is 16.9. The molecule has 0 N–H and O–H groups in total. The van der Waals surface area contributed by atoms with E-state index in [0.29, 0.717) is 19.3 Å². The minimum Gasteiger partial charge on any atom is -0.462 e. The van der Waals surface area contributed by atoms with E-state index in [9.17, 15) is 14.4 Å². The Hall–Kier alpha value is -4.45. The van der Waals surface area contributed by atoms with Crippen molar-refractivity contribution in [1.82, 2.24) is 0 Å². The van der Waals surface area contributed by atoms with Gasteiger partial charge in [-0.05, 0) is 135 Å². The van der Waals surface area contributed by atoms with Crippen molar-refractivity contribution in [2.24, 2.45) is 0 Å². The van der Waals surface area contributed by atoms with Crippen LogP contribution in [0.5, 0.6) is 0 Å². The Morgan fingerprint density at radius 1 is 0.253 bits per heavy atom. The minimum atomic E-state index is -0.818. The van der Waals surface area contributed by atoms with E-state index in [1.54, 1.807) is 0 Å². The normalized spacial score (nSPS) is 13.0. The average Bonchev–Trinajstić information content (AvgIpc) is 3.50. The van der Waals surface area contributed by atoms with Crippen LogP contribution in [-0.4, -0.2) is 37.2 Å². The second kappa shape index (κ2) is 70.0. The number of rotatable bonds is 62. The molecule has 0 spiro atoms. The Morgan fingerprint density at radius 2 is 0.470 bits per heavy atom. The van der Waals surface area contributed by atoms with Gasteiger partial charge in [0.05, 0.1) is 0 Å². The molecule has 0 aromatic heterocycles. The second-order valence-corrected chi connectivity index (χ2v) is 22.7. The van der Waals surface area contributed by atoms with Crippen molar-refractivity contribution < 1.29 is 28.6 Å². The highest BCUT2D eigenvalue weighted by molar-refractivity contribution is 5.71. The quantitative estimate of drug-likeness (QED) is 0.0261. The molecular formula is C77H128O6. The van der Waals surface area contributed by atoms with Gasteiger partial charge in [0.15, 0.2) is 6.10 Å². The molecule has 0 aliphatic carbocycles. The number of esters is 3. The van der Waals surface area contributed by atoms with Gasteiger partial charge in [0.25, 0.3) is 0 Å². The van der Waals surface area contributed by atoms with E-state index in [4.69, 9.17) is 14.2 Å². The van der Waals surface area contributed by atoms with Crippen LogP contribution in [0.1, 0.15) is 316 Å². The number of unbranched alkanes of at least 4 members (excludes halogenated alkanes) is 29. The van der Waals surface area contributed by atoms with E-state index in [1.165, 1.54) is 141 Å². The number of carbonyl (C=O) groups is 3. The summed E-state index contributed by atoms with van der Waals surface area (Å²) in [5.74, 6) is -0.968. The first-order chi connectivity index (χ1) is 41.0. The van der Waals surface area contributed by atoms with Crippen LogP contribution >= 0.6 is 0 Å². The highest BCUT2D eigenvalue weighted by atomic mass is 16.6. The lowest BCUT2D eigenvalue weighted by molar-refractivity contribution is -0.167. The molecule has 6 nitrogen and oxygen atoms in total. The van der Waals surface area contributed by atoms with Gasteiger partial charge in [-0.3, -0.25) is 14.4 Å². The molecule has 0 fully saturated rings. The zero-order valence-corrected chi connectivity index (χ0v) is 54.2. The molecule has 83 heavy (non-hydrogen) atoms. The van der Waals surface area contributed by atoms with Gasteiger partial charge in [-0.25, -0.2) is 0 Å². The van der Waals surface area contributed by atoms with Crippen LogP contribution in [0.4, 0.5) is 0 Å². The summed E-state index contributed by atoms with van der Waals surface area (Å²) in [5.41, 5.74) is 0. The van der Waals surface area contributed by atoms with Crippen molar-refractivity contribution in [2.45, 2.75) is 322 Å². The van der Waals surface area contributed by atoms with E-state index >= 15 is 0 Å². The van der Waals surface area contributed by atoms with Crippen LogP contribution in [0.25, 0.3) is 0 Å². The SMILES string of the molecule is CC/C=C\C/C=C\C/C=C\C/C=C\C/C=C\C/C=C\CCCCC(=O)OC(COC(=O)CCCCCC/C=C\C/C=C\C/C=C\C/C=C\CC)COC(=O)CCCCCCCCCCCCCCCCC/C=C\CCCCCCCCCC. The van der Waals surface area contributed by atoms with Crippen molar-refractivity contribution in [1.29, 1.82) is 0 Å². The molecular weight excluding hydrogens is 1020 g/mol. The summed E-state index contributed by atoms with van der Waals surface area (Å²) in [5, 5.41) is 0. The van der Waals surface area contributed by atoms with E-state index in [-0.39, 0.29) is 37.5 Å². The van der Waals surface area contributed by atoms with Crippen molar-refractivity contribution in [3.63, 3.8) is 0 Å². The molecule has 0 bridgehead atoms. The van der Waals surface area contributed by atoms with Crippen LogP contribution < -0.4 is 0 Å². The molecule has 0 aromatic rings. The Balaban J connectivity index is 4.42. The van der Waals surface area contributed by atoms with Gasteiger partial charge in [0.2, 0.25) is 0 Å². The average molecular weight is 1150 g/mol. The van der Waals surface area contributed by atoms with Crippen molar-refractivity contribution >= 4 is 17.9 Å². The molecule has 0 radical (unpaired) electrons. The lowest BCUT2D eigenvalue weighted by atomic mass is 10.0. The zero-order chi connectivity index (χ0) is 59.9. The van der Waals surface area contributed by atoms with Crippen molar-refractivity contribution in [2.75, 3.05) is 13.2 Å². The minimum absolute atomic E-state index is 0.106. The number of ether oxygens (including phenoxy) is 3. The van der Waals surface area contributed by atoms with E-state index in [2.05, 4.69) is 154 Å². The van der Waals surface area contributed by atoms with Gasteiger partial charge in [0.1, 0.15) is 13.2 Å². The molecule has 0 aromatic carbocycles. The fourth-order valence-corrected chi connectivity index (χ4v) is 9.49. The standard InChI is InChI=1S/C77H128O6/c1-4-7-10-13-16-19-22-25-28-31-33-35-36-37-38-39-40-42-43-46-49-52-55-58-61-64-67-70-76(79)82-73-74(72-81-75(78)69-66-63-60-57-54-51-48-45-30-27-24-21-18-15-12-9-6-3)83-77(80)71-68-65-62-59-56-53-50-47-44-41-34-32-29-26-23-20-17-14-11-8-5-2/h8-9,11-12,17-18,20-21,26-27,29-31,33-34,41,47-48,50-51,56,59,74H,4-7,10,13-16,19,22-25,28,32,35-40,42-46,49,52-55,57-58,60-73H2,1-3H3/b11-8-,12-9-,20-17-,21-18-,29-26-,30-27-,33-31-,41-34-,50-47-,51-48-,59-56-. The molecule has 1 unspecified atom stereocenters. The van der Waals surface area contributed by atoms with Crippen LogP contribution in [-0.2, 0) is 28.6 Å². The summed E-state index contributed by atoms with van der Waals surface area (Å²) in [6, 6.07) is 0. The zero-order valence-electron chi connectivity index (χ0n) is 54.2. The Bertz CT molecular complexity index is 1750. The van der Waals surface area contributed by atoms with Crippen LogP contribution in [0.2, 0.25) is 0 Å². The first-order valence-corrected chi connectivity index (χ1v) is 34.7. The Kier molecular flexibility index (Phi) is 66.3. The highest BCUT2D eigenvalue weighted by Crippen LogP contribution is 2.16. The summed E-state index contributed by atoms with van der Waals surface area (Å²) in [7, 11) is 0. The monoisotopic (exact) mass is 1150 g/mol. The maximum atomic E-state index is 12.9. The third kappa shape index (κ3) is 68.2. The lowest BCUT2D eigenvalue weighted by Gasteiger charge is -2.18. The molecule has 0 saturated heterocycles. The number of carbonyl (C=O) groups excluding carboxylic acids is 3. The van der Waals surface area contributed by atoms with Gasteiger partial charge in [-0.2, -0.15) is 0 Å². The molecule has 0 aliphatic rings. The third-order valence-corrected chi connectivity index (χ3v) is 14.6. The number of allylic oxidation sites excluding steroid dienone is 22. The fraction of sp³-hybridized carbons (Fsp3) is 0.675. The molecule has 0 amide bonds. The molecule has 6 heteroatoms. The first-order valence-electron chi connectivity index (χ1n) is 34.7. The summed E-state index contributed by atoms with van der Waals surface area (Å²) in [4.78, 5) is 38.4. The molecule has 0 aliphatic heterocycles. The largest absolute Gasteiger partial charge is 0.462 e. The maximum absolute atomic E-state index is 12.9. The van der Waals surface area contributed by atoms with Crippen LogP contribution in [0.3, 0.4) is 0 Å². The number of hydrogen-bond acceptors (Lipinski definition) is 6. The molecule has 0 rings (SSSR count). The number of hydrogen-bond donors (Lipinski definition) is 0. The molecule has 1 atom stereocenters. The fourth-order valence-electron chi connectivity index (χ4n) is 9.49. The molecule has 472 valence electrons. The Labute approximate surface area is 513 Å². The van der Waals surface area contributed by atoms with Crippen molar-refractivity contribution in [3.8, 4) is 0 Å². The van der Waals surface area contributed by atoms with Gasteiger partial charge < -0.3 is 14.2 Å². The van der Waals surface area contributed by atoms with Crippen LogP contribution in [0, 0.1) is 0 Å². The van der Waals surface area contributed by atoms with Gasteiger partial charge in [0, 0.05) is 19.3 Å². The molecule has 0 heterocycles. The summed E-state index contributed by atoms with van der Waals surface area (Å²) in [6.07, 6.45) is 99.1. The van der Waals surface area contributed by atoms with E-state index in [0.717, 1.165) is 128 Å². The van der Waals surface area contributed by atoms with Gasteiger partial charge in [-0.15, -0.1) is 0 Å². The predicted octanol–water partition coefficient (Wildman–Crippen LogP) is 24.1. The first kappa shape index (κ1) is 78.5. The maximum Gasteiger partial charge on any atom is 0.306 e. The smallest absolute Gasteiger partial charge is 0.306 e. The second-order valence-electron chi connectivity index (χ2n) is 22.7. The van der Waals surface area contributed by atoms with E-state index in [1.807, 2.05) is 0 Å². The highest BCUT2D eigenvalue weighted by Gasteiger charge is 2.19. The summed E-state index contributed by atoms with van der Waals surface area (Å²) >= 11 is 0. The predicted molar refractivity (Wildman–Crippen MR) is 362 cm³/mol. The lowest BCUT2D eigenvalue weighted by Crippen LogP contribution is -2.30. The topological polar surface area (TPSA) is 78.9 Å². The third-order valence-electron chi connectivity index (χ3n) is 14.6.